The van der Waals surface area contributed by atoms with Crippen LogP contribution in [0.15, 0.2) is 53.9 Å². The number of thiazole rings is 1. The lowest BCUT2D eigenvalue weighted by atomic mass is 10.2. The van der Waals surface area contributed by atoms with Crippen LogP contribution in [0.2, 0.25) is 5.02 Å². The molecular formula is C16H13ClN2OS. The smallest absolute Gasteiger partial charge is 0.187 e. The maximum atomic E-state index is 6.20. The number of nitrogens with one attached hydrogen (secondary N) is 1. The van der Waals surface area contributed by atoms with E-state index in [1.807, 2.05) is 53.9 Å². The Morgan fingerprint density at radius 1 is 1.10 bits per heavy atom. The van der Waals surface area contributed by atoms with Crippen molar-refractivity contribution in [3.05, 3.63) is 58.9 Å². The van der Waals surface area contributed by atoms with Crippen LogP contribution in [-0.2, 0) is 0 Å². The largest absolute Gasteiger partial charge is 0.495 e. The Hall–Kier alpha value is -2.04. The Bertz CT molecular complexity index is 757. The molecule has 3 nitrogen and oxygen atoms in total. The van der Waals surface area contributed by atoms with Crippen LogP contribution in [0.3, 0.4) is 0 Å². The minimum absolute atomic E-state index is 0.701. The number of benzene rings is 2. The highest BCUT2D eigenvalue weighted by Crippen LogP contribution is 2.33. The zero-order valence-electron chi connectivity index (χ0n) is 11.3. The van der Waals surface area contributed by atoms with Gasteiger partial charge >= 0.3 is 0 Å². The second-order valence-electron chi connectivity index (χ2n) is 4.34. The number of nitrogens with zero attached hydrogens (tertiary/aromatic N) is 1. The Labute approximate surface area is 132 Å². The van der Waals surface area contributed by atoms with Gasteiger partial charge in [0.05, 0.1) is 18.5 Å². The molecule has 0 saturated heterocycles. The molecule has 0 amide bonds. The van der Waals surface area contributed by atoms with Crippen LogP contribution in [-0.4, -0.2) is 12.1 Å². The molecule has 0 saturated carbocycles. The van der Waals surface area contributed by atoms with Crippen molar-refractivity contribution < 1.29 is 4.74 Å². The van der Waals surface area contributed by atoms with Gasteiger partial charge in [-0.3, -0.25) is 0 Å². The molecule has 0 spiro atoms. The average molecular weight is 317 g/mol. The lowest BCUT2D eigenvalue weighted by molar-refractivity contribution is 0.417. The molecule has 1 N–H and O–H groups in total. The van der Waals surface area contributed by atoms with Gasteiger partial charge in [-0.25, -0.2) is 4.98 Å². The molecule has 3 aromatic rings. The summed E-state index contributed by atoms with van der Waals surface area (Å²) in [5.74, 6) is 0.784. The molecule has 0 unspecified atom stereocenters. The number of aromatic nitrogens is 1. The van der Waals surface area contributed by atoms with Gasteiger partial charge < -0.3 is 10.1 Å². The quantitative estimate of drug-likeness (QED) is 0.717. The van der Waals surface area contributed by atoms with Gasteiger partial charge in [0.1, 0.15) is 5.75 Å². The third-order valence-electron chi connectivity index (χ3n) is 3.00. The van der Waals surface area contributed by atoms with Crippen LogP contribution in [0.5, 0.6) is 5.75 Å². The maximum absolute atomic E-state index is 6.20. The third kappa shape index (κ3) is 3.01. The van der Waals surface area contributed by atoms with E-state index in [2.05, 4.69) is 10.3 Å². The first kappa shape index (κ1) is 13.9. The molecule has 0 atom stereocenters. The average Bonchev–Trinajstić information content (AvgIpc) is 2.96. The Morgan fingerprint density at radius 2 is 1.86 bits per heavy atom. The Balaban J connectivity index is 1.87. The van der Waals surface area contributed by atoms with Crippen molar-refractivity contribution in [2.24, 2.45) is 0 Å². The molecule has 0 aliphatic heterocycles. The number of hydrogen-bond acceptors (Lipinski definition) is 4. The van der Waals surface area contributed by atoms with Gasteiger partial charge in [-0.2, -0.15) is 0 Å². The SMILES string of the molecule is COc1ccccc1Nc1nc(-c2ccccc2Cl)cs1. The first-order valence-corrected chi connectivity index (χ1v) is 7.64. The fraction of sp³-hybridized carbons (Fsp3) is 0.0625. The van der Waals surface area contributed by atoms with Crippen LogP contribution in [0, 0.1) is 0 Å². The van der Waals surface area contributed by atoms with Gasteiger partial charge in [-0.1, -0.05) is 41.9 Å². The first-order chi connectivity index (χ1) is 10.3. The number of halogens is 1. The maximum Gasteiger partial charge on any atom is 0.187 e. The van der Waals surface area contributed by atoms with E-state index >= 15 is 0 Å². The normalized spacial score (nSPS) is 10.4. The van der Waals surface area contributed by atoms with E-state index in [4.69, 9.17) is 16.3 Å². The number of ether oxygens (including phenoxy) is 1. The fourth-order valence-electron chi connectivity index (χ4n) is 1.99. The molecule has 1 heterocycles. The molecule has 2 aromatic carbocycles. The highest BCUT2D eigenvalue weighted by Gasteiger charge is 2.09. The van der Waals surface area contributed by atoms with E-state index < -0.39 is 0 Å². The van der Waals surface area contributed by atoms with Gasteiger partial charge in [0.15, 0.2) is 5.13 Å². The van der Waals surface area contributed by atoms with Crippen molar-refractivity contribution >= 4 is 33.8 Å². The number of para-hydroxylation sites is 2. The fourth-order valence-corrected chi connectivity index (χ4v) is 2.94. The molecule has 3 rings (SSSR count). The summed E-state index contributed by atoms with van der Waals surface area (Å²) in [6.45, 7) is 0. The van der Waals surface area contributed by atoms with Gasteiger partial charge in [-0.05, 0) is 18.2 Å². The number of rotatable bonds is 4. The van der Waals surface area contributed by atoms with Crippen molar-refractivity contribution in [3.8, 4) is 17.0 Å². The van der Waals surface area contributed by atoms with Gasteiger partial charge in [0.2, 0.25) is 0 Å². The number of anilines is 2. The molecule has 0 aliphatic carbocycles. The van der Waals surface area contributed by atoms with Crippen LogP contribution < -0.4 is 10.1 Å². The Kier molecular flexibility index (Phi) is 4.08. The molecule has 21 heavy (non-hydrogen) atoms. The minimum atomic E-state index is 0.701. The summed E-state index contributed by atoms with van der Waals surface area (Å²) in [5.41, 5.74) is 2.69. The second kappa shape index (κ2) is 6.16. The summed E-state index contributed by atoms with van der Waals surface area (Å²) in [7, 11) is 1.65. The zero-order valence-corrected chi connectivity index (χ0v) is 12.9. The number of methoxy groups -OCH3 is 1. The lowest BCUT2D eigenvalue weighted by Crippen LogP contribution is -1.93. The van der Waals surface area contributed by atoms with Crippen molar-refractivity contribution in [1.82, 2.24) is 4.98 Å². The van der Waals surface area contributed by atoms with Crippen LogP contribution in [0.1, 0.15) is 0 Å². The predicted octanol–water partition coefficient (Wildman–Crippen LogP) is 5.22. The van der Waals surface area contributed by atoms with Crippen LogP contribution in [0.25, 0.3) is 11.3 Å². The molecule has 106 valence electrons. The van der Waals surface area contributed by atoms with Gasteiger partial charge in [-0.15, -0.1) is 11.3 Å². The summed E-state index contributed by atoms with van der Waals surface area (Å²) < 4.78 is 5.32. The Morgan fingerprint density at radius 3 is 2.67 bits per heavy atom. The van der Waals surface area contributed by atoms with E-state index in [1.165, 1.54) is 11.3 Å². The van der Waals surface area contributed by atoms with Gasteiger partial charge in [0, 0.05) is 16.0 Å². The summed E-state index contributed by atoms with van der Waals surface area (Å²) in [4.78, 5) is 4.58. The zero-order chi connectivity index (χ0) is 14.7. The summed E-state index contributed by atoms with van der Waals surface area (Å²) in [6.07, 6.45) is 0. The summed E-state index contributed by atoms with van der Waals surface area (Å²) >= 11 is 7.73. The summed E-state index contributed by atoms with van der Waals surface area (Å²) in [6, 6.07) is 15.4. The highest BCUT2D eigenvalue weighted by molar-refractivity contribution is 7.14. The van der Waals surface area contributed by atoms with E-state index in [9.17, 15) is 0 Å². The van der Waals surface area contributed by atoms with Gasteiger partial charge in [0.25, 0.3) is 0 Å². The first-order valence-electron chi connectivity index (χ1n) is 6.38. The monoisotopic (exact) mass is 316 g/mol. The van der Waals surface area contributed by atoms with E-state index in [0.717, 1.165) is 27.8 Å². The van der Waals surface area contributed by atoms with Crippen molar-refractivity contribution in [3.63, 3.8) is 0 Å². The van der Waals surface area contributed by atoms with E-state index in [0.29, 0.717) is 5.02 Å². The lowest BCUT2D eigenvalue weighted by Gasteiger charge is -2.08. The third-order valence-corrected chi connectivity index (χ3v) is 4.09. The summed E-state index contributed by atoms with van der Waals surface area (Å²) in [5, 5.41) is 6.76. The molecule has 5 heteroatoms. The predicted molar refractivity (Wildman–Crippen MR) is 88.8 cm³/mol. The van der Waals surface area contributed by atoms with E-state index in [1.54, 1.807) is 7.11 Å². The molecule has 0 fully saturated rings. The second-order valence-corrected chi connectivity index (χ2v) is 5.61. The molecular weight excluding hydrogens is 304 g/mol. The molecule has 1 aromatic heterocycles. The molecule has 0 aliphatic rings. The van der Waals surface area contributed by atoms with Crippen molar-refractivity contribution in [1.29, 1.82) is 0 Å². The highest BCUT2D eigenvalue weighted by atomic mass is 35.5. The van der Waals surface area contributed by atoms with E-state index in [-0.39, 0.29) is 0 Å². The molecule has 0 bridgehead atoms. The number of hydrogen-bond donors (Lipinski definition) is 1. The molecule has 0 radical (unpaired) electrons. The van der Waals surface area contributed by atoms with Crippen molar-refractivity contribution in [2.75, 3.05) is 12.4 Å². The van der Waals surface area contributed by atoms with Crippen LogP contribution in [0.4, 0.5) is 10.8 Å². The topological polar surface area (TPSA) is 34.1 Å². The standard InChI is InChI=1S/C16H13ClN2OS/c1-20-15-9-5-4-8-13(15)18-16-19-14(10-21-16)11-6-2-3-7-12(11)17/h2-10H,1H3,(H,18,19). The van der Waals surface area contributed by atoms with Crippen molar-refractivity contribution in [2.45, 2.75) is 0 Å². The minimum Gasteiger partial charge on any atom is -0.495 e. The van der Waals surface area contributed by atoms with Crippen LogP contribution >= 0.6 is 22.9 Å².